The van der Waals surface area contributed by atoms with Crippen molar-refractivity contribution in [3.8, 4) is 5.75 Å². The summed E-state index contributed by atoms with van der Waals surface area (Å²) < 4.78 is 19.0. The van der Waals surface area contributed by atoms with E-state index in [1.807, 2.05) is 55.5 Å². The van der Waals surface area contributed by atoms with Crippen LogP contribution in [-0.4, -0.2) is 16.0 Å². The molecule has 0 saturated carbocycles. The number of halogens is 2. The van der Waals surface area contributed by atoms with Crippen molar-refractivity contribution in [2.24, 2.45) is 0 Å². The van der Waals surface area contributed by atoms with E-state index in [4.69, 9.17) is 16.3 Å². The molecule has 0 N–H and O–H groups in total. The minimum Gasteiger partial charge on any atom is -0.489 e. The first-order valence-electron chi connectivity index (χ1n) is 9.87. The molecular weight excluding hydrogens is 449 g/mol. The Morgan fingerprint density at radius 3 is 2.44 bits per heavy atom. The number of imide groups is 1. The summed E-state index contributed by atoms with van der Waals surface area (Å²) in [5, 5.41) is -0.214. The van der Waals surface area contributed by atoms with E-state index in [0.29, 0.717) is 22.8 Å². The highest BCUT2D eigenvalue weighted by Gasteiger charge is 2.35. The fourth-order valence-corrected chi connectivity index (χ4v) is 4.18. The van der Waals surface area contributed by atoms with Crippen LogP contribution in [0.15, 0.2) is 71.6 Å². The van der Waals surface area contributed by atoms with Crippen LogP contribution in [0.25, 0.3) is 6.08 Å². The second-order valence-electron chi connectivity index (χ2n) is 7.35. The lowest BCUT2D eigenvalue weighted by Crippen LogP contribution is -2.27. The van der Waals surface area contributed by atoms with Gasteiger partial charge in [0.05, 0.1) is 11.4 Å². The van der Waals surface area contributed by atoms with Gasteiger partial charge in [-0.15, -0.1) is 0 Å². The highest BCUT2D eigenvalue weighted by atomic mass is 35.5. The van der Waals surface area contributed by atoms with E-state index in [-0.39, 0.29) is 16.8 Å². The molecule has 32 heavy (non-hydrogen) atoms. The zero-order valence-corrected chi connectivity index (χ0v) is 18.8. The number of carbonyl (C=O) groups is 2. The molecule has 1 aliphatic heterocycles. The van der Waals surface area contributed by atoms with Gasteiger partial charge in [-0.05, 0) is 65.7 Å². The summed E-state index contributed by atoms with van der Waals surface area (Å²) in [7, 11) is 0. The predicted octanol–water partition coefficient (Wildman–Crippen LogP) is 6.60. The van der Waals surface area contributed by atoms with Crippen molar-refractivity contribution in [2.45, 2.75) is 20.1 Å². The van der Waals surface area contributed by atoms with E-state index in [0.717, 1.165) is 33.9 Å². The van der Waals surface area contributed by atoms with E-state index in [2.05, 4.69) is 0 Å². The highest BCUT2D eigenvalue weighted by molar-refractivity contribution is 8.18. The molecule has 0 bridgehead atoms. The molecule has 0 unspecified atom stereocenters. The van der Waals surface area contributed by atoms with Gasteiger partial charge < -0.3 is 4.74 Å². The number of hydrogen-bond donors (Lipinski definition) is 0. The fourth-order valence-electron chi connectivity index (χ4n) is 3.12. The van der Waals surface area contributed by atoms with Crippen molar-refractivity contribution in [1.29, 1.82) is 0 Å². The van der Waals surface area contributed by atoms with Gasteiger partial charge in [-0.2, -0.15) is 0 Å². The van der Waals surface area contributed by atoms with Gasteiger partial charge in [0.2, 0.25) is 0 Å². The highest BCUT2D eigenvalue weighted by Crippen LogP contribution is 2.34. The van der Waals surface area contributed by atoms with Crippen molar-refractivity contribution in [1.82, 2.24) is 4.90 Å². The molecule has 3 aromatic rings. The maximum atomic E-state index is 13.2. The Labute approximate surface area is 194 Å². The van der Waals surface area contributed by atoms with Crippen LogP contribution in [0.5, 0.6) is 5.75 Å². The largest absolute Gasteiger partial charge is 0.489 e. The Morgan fingerprint density at radius 1 is 1.03 bits per heavy atom. The zero-order chi connectivity index (χ0) is 22.7. The van der Waals surface area contributed by atoms with Crippen LogP contribution in [0.2, 0.25) is 5.02 Å². The first-order chi connectivity index (χ1) is 15.4. The van der Waals surface area contributed by atoms with E-state index >= 15 is 0 Å². The Kier molecular flexibility index (Phi) is 6.63. The molecule has 3 aromatic carbocycles. The summed E-state index contributed by atoms with van der Waals surface area (Å²) in [6, 6.07) is 19.3. The Balaban J connectivity index is 1.41. The minimum atomic E-state index is -0.473. The number of benzene rings is 3. The third-order valence-corrected chi connectivity index (χ3v) is 6.18. The van der Waals surface area contributed by atoms with Gasteiger partial charge in [-0.25, -0.2) is 4.39 Å². The second-order valence-corrected chi connectivity index (χ2v) is 8.75. The molecule has 0 aromatic heterocycles. The topological polar surface area (TPSA) is 46.6 Å². The lowest BCUT2D eigenvalue weighted by Gasteiger charge is -2.13. The average molecular weight is 468 g/mol. The number of rotatable bonds is 6. The SMILES string of the molecule is Cc1ccc(COc2ccc(/C=C3\SC(=O)N(Cc4ccc(F)cc4Cl)C3=O)cc2)cc1. The Morgan fingerprint density at radius 2 is 1.75 bits per heavy atom. The van der Waals surface area contributed by atoms with Crippen LogP contribution >= 0.6 is 23.4 Å². The molecule has 162 valence electrons. The smallest absolute Gasteiger partial charge is 0.293 e. The first kappa shape index (κ1) is 22.1. The molecule has 0 radical (unpaired) electrons. The van der Waals surface area contributed by atoms with Crippen molar-refractivity contribution in [3.63, 3.8) is 0 Å². The lowest BCUT2D eigenvalue weighted by molar-refractivity contribution is -0.123. The van der Waals surface area contributed by atoms with Crippen LogP contribution in [-0.2, 0) is 17.9 Å². The molecular formula is C25H19ClFNO3S. The fraction of sp³-hybridized carbons (Fsp3) is 0.120. The van der Waals surface area contributed by atoms with E-state index in [1.165, 1.54) is 17.7 Å². The number of hydrogen-bond acceptors (Lipinski definition) is 4. The normalized spacial score (nSPS) is 15.0. The Hall–Kier alpha value is -3.09. The Bertz CT molecular complexity index is 1190. The van der Waals surface area contributed by atoms with Crippen LogP contribution in [0.4, 0.5) is 9.18 Å². The lowest BCUT2D eigenvalue weighted by atomic mass is 10.1. The average Bonchev–Trinajstić information content (AvgIpc) is 3.03. The first-order valence-corrected chi connectivity index (χ1v) is 11.1. The molecule has 4 rings (SSSR count). The van der Waals surface area contributed by atoms with Crippen molar-refractivity contribution >= 4 is 40.6 Å². The molecule has 1 heterocycles. The number of carbonyl (C=O) groups excluding carboxylic acids is 2. The van der Waals surface area contributed by atoms with E-state index in [1.54, 1.807) is 6.08 Å². The van der Waals surface area contributed by atoms with Crippen LogP contribution in [0.1, 0.15) is 22.3 Å². The third-order valence-electron chi connectivity index (χ3n) is 4.92. The third kappa shape index (κ3) is 5.21. The summed E-state index contributed by atoms with van der Waals surface area (Å²) in [6.07, 6.45) is 1.67. The van der Waals surface area contributed by atoms with Gasteiger partial charge in [0, 0.05) is 5.02 Å². The van der Waals surface area contributed by atoms with Gasteiger partial charge in [0.25, 0.3) is 11.1 Å². The van der Waals surface area contributed by atoms with Crippen LogP contribution in [0, 0.1) is 12.7 Å². The maximum Gasteiger partial charge on any atom is 0.293 e. The molecule has 0 aliphatic carbocycles. The predicted molar refractivity (Wildman–Crippen MR) is 125 cm³/mol. The van der Waals surface area contributed by atoms with Gasteiger partial charge in [0.1, 0.15) is 18.2 Å². The quantitative estimate of drug-likeness (QED) is 0.383. The summed E-state index contributed by atoms with van der Waals surface area (Å²) in [5.41, 5.74) is 3.56. The summed E-state index contributed by atoms with van der Waals surface area (Å²) in [6.45, 7) is 2.49. The van der Waals surface area contributed by atoms with E-state index in [9.17, 15) is 14.0 Å². The molecule has 1 saturated heterocycles. The number of thioether (sulfide) groups is 1. The van der Waals surface area contributed by atoms with Gasteiger partial charge >= 0.3 is 0 Å². The minimum absolute atomic E-state index is 0.00704. The van der Waals surface area contributed by atoms with Crippen molar-refractivity contribution in [3.05, 3.63) is 105 Å². The standard InChI is InChI=1S/C25H19ClFNO3S/c1-16-2-4-18(5-3-16)15-31-21-10-6-17(7-11-21)12-23-24(29)28(25(30)32-23)14-19-8-9-20(27)13-22(19)26/h2-13H,14-15H2,1H3/b23-12-. The number of nitrogens with zero attached hydrogens (tertiary/aromatic N) is 1. The summed E-state index contributed by atoms with van der Waals surface area (Å²) >= 11 is 6.90. The molecule has 0 spiro atoms. The van der Waals surface area contributed by atoms with Gasteiger partial charge in [-0.1, -0.05) is 59.6 Å². The monoisotopic (exact) mass is 467 g/mol. The molecule has 1 fully saturated rings. The number of amides is 2. The van der Waals surface area contributed by atoms with Crippen LogP contribution < -0.4 is 4.74 Å². The maximum absolute atomic E-state index is 13.2. The molecule has 1 aliphatic rings. The summed E-state index contributed by atoms with van der Waals surface area (Å²) in [5.74, 6) is -0.166. The van der Waals surface area contributed by atoms with Crippen LogP contribution in [0.3, 0.4) is 0 Å². The van der Waals surface area contributed by atoms with Crippen molar-refractivity contribution in [2.75, 3.05) is 0 Å². The molecule has 7 heteroatoms. The molecule has 4 nitrogen and oxygen atoms in total. The number of aryl methyl sites for hydroxylation is 1. The van der Waals surface area contributed by atoms with Gasteiger partial charge in [0.15, 0.2) is 0 Å². The molecule has 0 atom stereocenters. The van der Waals surface area contributed by atoms with Gasteiger partial charge in [-0.3, -0.25) is 14.5 Å². The second kappa shape index (κ2) is 9.59. The zero-order valence-electron chi connectivity index (χ0n) is 17.2. The molecule has 2 amide bonds. The van der Waals surface area contributed by atoms with E-state index < -0.39 is 11.7 Å². The number of ether oxygens (including phenoxy) is 1. The van der Waals surface area contributed by atoms with Crippen molar-refractivity contribution < 1.29 is 18.7 Å². The summed E-state index contributed by atoms with van der Waals surface area (Å²) in [4.78, 5) is 26.5.